The molecule has 1 N–H and O–H groups in total. The van der Waals surface area contributed by atoms with Crippen LogP contribution in [0.1, 0.15) is 35.2 Å². The zero-order valence-corrected chi connectivity index (χ0v) is 15.5. The second kappa shape index (κ2) is 8.82. The smallest absolute Gasteiger partial charge is 0.270 e. The van der Waals surface area contributed by atoms with Crippen molar-refractivity contribution in [3.63, 3.8) is 0 Å². The number of piperidine rings is 1. The number of benzene rings is 2. The quantitative estimate of drug-likeness (QED) is 0.798. The molecule has 2 aromatic carbocycles. The van der Waals surface area contributed by atoms with Gasteiger partial charge in [-0.3, -0.25) is 9.59 Å². The summed E-state index contributed by atoms with van der Waals surface area (Å²) in [6.45, 7) is 1.32. The van der Waals surface area contributed by atoms with E-state index in [0.29, 0.717) is 23.7 Å². The first-order valence-electron chi connectivity index (χ1n) is 8.87. The van der Waals surface area contributed by atoms with Crippen molar-refractivity contribution >= 4 is 29.5 Å². The standard InChI is InChI=1S/C21H20ClFN2O2/c22-18-7-3-2-6-16(18)14-19(21(27)25-12-4-1-5-13-25)24-20(26)15-8-10-17(23)11-9-15/h2-3,6-11,14H,1,4-5,12-13H2,(H,24,26)/b19-14-. The van der Waals surface area contributed by atoms with Crippen LogP contribution in [0, 0.1) is 5.82 Å². The van der Waals surface area contributed by atoms with E-state index in [1.807, 2.05) is 6.07 Å². The third-order valence-electron chi connectivity index (χ3n) is 4.43. The molecule has 1 heterocycles. The fourth-order valence-corrected chi connectivity index (χ4v) is 3.15. The number of hydrogen-bond donors (Lipinski definition) is 1. The largest absolute Gasteiger partial charge is 0.337 e. The lowest BCUT2D eigenvalue weighted by molar-refractivity contribution is -0.128. The van der Waals surface area contributed by atoms with Gasteiger partial charge in [-0.25, -0.2) is 4.39 Å². The first kappa shape index (κ1) is 19.1. The van der Waals surface area contributed by atoms with E-state index in [1.165, 1.54) is 24.3 Å². The lowest BCUT2D eigenvalue weighted by Crippen LogP contribution is -2.41. The second-order valence-corrected chi connectivity index (χ2v) is 6.80. The van der Waals surface area contributed by atoms with Crippen molar-refractivity contribution in [1.29, 1.82) is 0 Å². The van der Waals surface area contributed by atoms with Gasteiger partial charge >= 0.3 is 0 Å². The van der Waals surface area contributed by atoms with Crippen LogP contribution in [0.4, 0.5) is 4.39 Å². The molecule has 0 spiro atoms. The minimum absolute atomic E-state index is 0.152. The second-order valence-electron chi connectivity index (χ2n) is 6.39. The van der Waals surface area contributed by atoms with Crippen LogP contribution in [0.3, 0.4) is 0 Å². The number of nitrogens with one attached hydrogen (secondary N) is 1. The molecule has 140 valence electrons. The Morgan fingerprint density at radius 3 is 2.33 bits per heavy atom. The van der Waals surface area contributed by atoms with E-state index < -0.39 is 11.7 Å². The fourth-order valence-electron chi connectivity index (χ4n) is 2.96. The van der Waals surface area contributed by atoms with Crippen molar-refractivity contribution in [1.82, 2.24) is 10.2 Å². The van der Waals surface area contributed by atoms with Crippen LogP contribution in [0.25, 0.3) is 6.08 Å². The number of carbonyl (C=O) groups excluding carboxylic acids is 2. The Bertz CT molecular complexity index is 859. The highest BCUT2D eigenvalue weighted by molar-refractivity contribution is 6.32. The molecule has 4 nitrogen and oxygen atoms in total. The van der Waals surface area contributed by atoms with Crippen molar-refractivity contribution in [2.45, 2.75) is 19.3 Å². The van der Waals surface area contributed by atoms with Gasteiger partial charge in [-0.1, -0.05) is 29.8 Å². The minimum atomic E-state index is -0.473. The Morgan fingerprint density at radius 2 is 1.67 bits per heavy atom. The number of carbonyl (C=O) groups is 2. The van der Waals surface area contributed by atoms with Gasteiger partial charge in [-0.15, -0.1) is 0 Å². The first-order chi connectivity index (χ1) is 13.0. The molecule has 1 fully saturated rings. The average molecular weight is 387 g/mol. The molecular weight excluding hydrogens is 367 g/mol. The van der Waals surface area contributed by atoms with Crippen LogP contribution in [0.5, 0.6) is 0 Å². The van der Waals surface area contributed by atoms with E-state index in [-0.39, 0.29) is 17.2 Å². The molecule has 1 saturated heterocycles. The van der Waals surface area contributed by atoms with Crippen LogP contribution in [0.2, 0.25) is 5.02 Å². The van der Waals surface area contributed by atoms with Crippen molar-refractivity contribution < 1.29 is 14.0 Å². The number of hydrogen-bond acceptors (Lipinski definition) is 2. The Labute approximate surface area is 162 Å². The molecule has 0 aliphatic carbocycles. The molecule has 1 aliphatic heterocycles. The van der Waals surface area contributed by atoms with E-state index in [2.05, 4.69) is 5.32 Å². The lowest BCUT2D eigenvalue weighted by atomic mass is 10.1. The van der Waals surface area contributed by atoms with E-state index in [1.54, 1.807) is 29.2 Å². The molecule has 0 bridgehead atoms. The lowest BCUT2D eigenvalue weighted by Gasteiger charge is -2.27. The maximum Gasteiger partial charge on any atom is 0.270 e. The van der Waals surface area contributed by atoms with Gasteiger partial charge in [-0.2, -0.15) is 0 Å². The number of rotatable bonds is 4. The molecule has 27 heavy (non-hydrogen) atoms. The Kier molecular flexibility index (Phi) is 6.24. The van der Waals surface area contributed by atoms with Gasteiger partial charge in [0.1, 0.15) is 11.5 Å². The van der Waals surface area contributed by atoms with Gasteiger partial charge in [0.25, 0.3) is 11.8 Å². The molecule has 2 aromatic rings. The highest BCUT2D eigenvalue weighted by atomic mass is 35.5. The summed E-state index contributed by atoms with van der Waals surface area (Å²) < 4.78 is 13.1. The van der Waals surface area contributed by atoms with Crippen LogP contribution in [-0.4, -0.2) is 29.8 Å². The van der Waals surface area contributed by atoms with Gasteiger partial charge in [0.05, 0.1) is 0 Å². The molecule has 0 unspecified atom stereocenters. The van der Waals surface area contributed by atoms with Crippen LogP contribution < -0.4 is 5.32 Å². The number of likely N-dealkylation sites (tertiary alicyclic amines) is 1. The average Bonchev–Trinajstić information content (AvgIpc) is 2.69. The summed E-state index contributed by atoms with van der Waals surface area (Å²) in [6, 6.07) is 12.3. The molecule has 0 aromatic heterocycles. The van der Waals surface area contributed by atoms with E-state index in [0.717, 1.165) is 19.3 Å². The van der Waals surface area contributed by atoms with Crippen LogP contribution in [0.15, 0.2) is 54.2 Å². The summed E-state index contributed by atoms with van der Waals surface area (Å²) in [5.41, 5.74) is 1.06. The molecule has 0 saturated carbocycles. The highest BCUT2D eigenvalue weighted by Gasteiger charge is 2.22. The van der Waals surface area contributed by atoms with E-state index in [4.69, 9.17) is 11.6 Å². The third kappa shape index (κ3) is 4.95. The predicted molar refractivity (Wildman–Crippen MR) is 104 cm³/mol. The summed E-state index contributed by atoms with van der Waals surface area (Å²) in [5.74, 6) is -1.15. The van der Waals surface area contributed by atoms with Crippen molar-refractivity contribution in [3.8, 4) is 0 Å². The Hall–Kier alpha value is -2.66. The van der Waals surface area contributed by atoms with Gasteiger partial charge < -0.3 is 10.2 Å². The summed E-state index contributed by atoms with van der Waals surface area (Å²) in [6.07, 6.45) is 4.56. The summed E-state index contributed by atoms with van der Waals surface area (Å²) in [5, 5.41) is 3.16. The minimum Gasteiger partial charge on any atom is -0.337 e. The van der Waals surface area contributed by atoms with Crippen molar-refractivity contribution in [3.05, 3.63) is 76.2 Å². The van der Waals surface area contributed by atoms with Gasteiger partial charge in [-0.05, 0) is 61.2 Å². The zero-order valence-electron chi connectivity index (χ0n) is 14.8. The summed E-state index contributed by atoms with van der Waals surface area (Å²) in [7, 11) is 0. The normalized spacial score (nSPS) is 14.7. The third-order valence-corrected chi connectivity index (χ3v) is 4.78. The SMILES string of the molecule is O=C(N/C(=C\c1ccccc1Cl)C(=O)N1CCCCC1)c1ccc(F)cc1. The number of halogens is 2. The first-order valence-corrected chi connectivity index (χ1v) is 9.25. The van der Waals surface area contributed by atoms with E-state index in [9.17, 15) is 14.0 Å². The molecule has 2 amide bonds. The van der Waals surface area contributed by atoms with Gasteiger partial charge in [0.2, 0.25) is 0 Å². The molecule has 0 radical (unpaired) electrons. The van der Waals surface area contributed by atoms with E-state index >= 15 is 0 Å². The Morgan fingerprint density at radius 1 is 1.00 bits per heavy atom. The van der Waals surface area contributed by atoms with Crippen molar-refractivity contribution in [2.75, 3.05) is 13.1 Å². The summed E-state index contributed by atoms with van der Waals surface area (Å²) in [4.78, 5) is 27.3. The highest BCUT2D eigenvalue weighted by Crippen LogP contribution is 2.20. The van der Waals surface area contributed by atoms with Crippen LogP contribution in [-0.2, 0) is 4.79 Å². The molecule has 6 heteroatoms. The topological polar surface area (TPSA) is 49.4 Å². The molecule has 3 rings (SSSR count). The maximum absolute atomic E-state index is 13.1. The molecule has 0 atom stereocenters. The van der Waals surface area contributed by atoms with Crippen LogP contribution >= 0.6 is 11.6 Å². The summed E-state index contributed by atoms with van der Waals surface area (Å²) >= 11 is 6.21. The monoisotopic (exact) mass is 386 g/mol. The predicted octanol–water partition coefficient (Wildman–Crippen LogP) is 4.26. The number of nitrogens with zero attached hydrogens (tertiary/aromatic N) is 1. The fraction of sp³-hybridized carbons (Fsp3) is 0.238. The van der Waals surface area contributed by atoms with Gasteiger partial charge in [0.15, 0.2) is 0 Å². The molecule has 1 aliphatic rings. The maximum atomic E-state index is 13.1. The van der Waals surface area contributed by atoms with Crippen molar-refractivity contribution in [2.24, 2.45) is 0 Å². The van der Waals surface area contributed by atoms with Gasteiger partial charge in [0, 0.05) is 23.7 Å². The molecular formula is C21H20ClFN2O2. The Balaban J connectivity index is 1.89. The number of amides is 2. The zero-order chi connectivity index (χ0) is 19.2.